The molecule has 3 aliphatic heterocycles. The van der Waals surface area contributed by atoms with Gasteiger partial charge in [0.05, 0.1) is 19.8 Å². The Labute approximate surface area is 188 Å². The lowest BCUT2D eigenvalue weighted by Crippen LogP contribution is -2.64. The van der Waals surface area contributed by atoms with Crippen LogP contribution in [0.4, 0.5) is 0 Å². The van der Waals surface area contributed by atoms with Crippen LogP contribution in [-0.4, -0.2) is 117 Å². The van der Waals surface area contributed by atoms with Crippen molar-refractivity contribution in [2.45, 2.75) is 68.0 Å². The van der Waals surface area contributed by atoms with Gasteiger partial charge in [-0.05, 0) is 17.7 Å². The van der Waals surface area contributed by atoms with Crippen LogP contribution < -0.4 is 9.47 Å². The average molecular weight is 476 g/mol. The summed E-state index contributed by atoms with van der Waals surface area (Å²) < 4.78 is 32.5. The molecule has 0 aliphatic carbocycles. The largest absolute Gasteiger partial charge is 0.454 e. The van der Waals surface area contributed by atoms with Gasteiger partial charge >= 0.3 is 0 Å². The van der Waals surface area contributed by atoms with Gasteiger partial charge in [0, 0.05) is 0 Å². The van der Waals surface area contributed by atoms with Crippen molar-refractivity contribution < 1.29 is 64.2 Å². The van der Waals surface area contributed by atoms with Crippen molar-refractivity contribution in [2.24, 2.45) is 0 Å². The van der Waals surface area contributed by atoms with Crippen molar-refractivity contribution in [1.29, 1.82) is 0 Å². The molecule has 0 bridgehead atoms. The molecule has 33 heavy (non-hydrogen) atoms. The molecule has 7 N–H and O–H groups in total. The zero-order valence-corrected chi connectivity index (χ0v) is 17.4. The van der Waals surface area contributed by atoms with E-state index in [0.29, 0.717) is 17.1 Å². The molecular formula is C20H28O13. The zero-order chi connectivity index (χ0) is 23.7. The zero-order valence-electron chi connectivity index (χ0n) is 17.4. The van der Waals surface area contributed by atoms with Crippen molar-refractivity contribution in [2.75, 3.05) is 20.0 Å². The second kappa shape index (κ2) is 10.3. The van der Waals surface area contributed by atoms with Crippen LogP contribution in [0, 0.1) is 0 Å². The van der Waals surface area contributed by atoms with E-state index in [1.54, 1.807) is 18.2 Å². The molecule has 1 aromatic carbocycles. The molecule has 2 fully saturated rings. The van der Waals surface area contributed by atoms with E-state index in [9.17, 15) is 35.7 Å². The van der Waals surface area contributed by atoms with Crippen molar-refractivity contribution in [3.63, 3.8) is 0 Å². The van der Waals surface area contributed by atoms with Gasteiger partial charge < -0.3 is 64.2 Å². The van der Waals surface area contributed by atoms with E-state index in [1.165, 1.54) is 0 Å². The maximum Gasteiger partial charge on any atom is 0.231 e. The summed E-state index contributed by atoms with van der Waals surface area (Å²) in [6.07, 6.45) is -15.1. The highest BCUT2D eigenvalue weighted by Gasteiger charge is 2.50. The third-order valence-electron chi connectivity index (χ3n) is 5.81. The highest BCUT2D eigenvalue weighted by Crippen LogP contribution is 2.34. The standard InChI is InChI=1S/C20H28O13/c21-4-11-13(23)15(25)16(26)20(32-11)33-18-14(24)12(5-22)31-19(17(18)27)28-6-8-1-2-9-10(3-8)30-7-29-9/h1-3,11-27H,4-7H2/t11?,12?,13?,14?,15-,16+,17+,18-,19?,20?/m0/s1. The first-order chi connectivity index (χ1) is 15.8. The maximum atomic E-state index is 10.7. The first kappa shape index (κ1) is 24.5. The van der Waals surface area contributed by atoms with Crippen molar-refractivity contribution in [3.05, 3.63) is 23.8 Å². The molecule has 186 valence electrons. The number of ether oxygens (including phenoxy) is 6. The van der Waals surface area contributed by atoms with Gasteiger partial charge in [0.2, 0.25) is 6.79 Å². The molecule has 3 aliphatic rings. The summed E-state index contributed by atoms with van der Waals surface area (Å²) in [6.45, 7) is -1.23. The van der Waals surface area contributed by atoms with E-state index >= 15 is 0 Å². The predicted molar refractivity (Wildman–Crippen MR) is 104 cm³/mol. The predicted octanol–water partition coefficient (Wildman–Crippen LogP) is -3.44. The van der Waals surface area contributed by atoms with Gasteiger partial charge in [-0.3, -0.25) is 0 Å². The van der Waals surface area contributed by atoms with Crippen LogP contribution in [0.15, 0.2) is 18.2 Å². The quantitative estimate of drug-likeness (QED) is 0.205. The normalized spacial score (nSPS) is 40.7. The summed E-state index contributed by atoms with van der Waals surface area (Å²) in [4.78, 5) is 0. The Bertz CT molecular complexity index is 791. The number of aliphatic hydroxyl groups is 7. The second-order valence-corrected chi connectivity index (χ2v) is 8.00. The van der Waals surface area contributed by atoms with Gasteiger partial charge in [0.1, 0.15) is 48.8 Å². The molecule has 13 heteroatoms. The van der Waals surface area contributed by atoms with E-state index in [2.05, 4.69) is 0 Å². The monoisotopic (exact) mass is 476 g/mol. The maximum absolute atomic E-state index is 10.7. The number of hydrogen-bond acceptors (Lipinski definition) is 13. The highest BCUT2D eigenvalue weighted by atomic mass is 16.7. The molecule has 0 aromatic heterocycles. The van der Waals surface area contributed by atoms with Gasteiger partial charge in [-0.25, -0.2) is 0 Å². The lowest BCUT2D eigenvalue weighted by atomic mass is 9.97. The Morgan fingerprint density at radius 3 is 2.15 bits per heavy atom. The summed E-state index contributed by atoms with van der Waals surface area (Å²) >= 11 is 0. The van der Waals surface area contributed by atoms with E-state index in [4.69, 9.17) is 28.4 Å². The van der Waals surface area contributed by atoms with Crippen LogP contribution in [0.1, 0.15) is 5.56 Å². The average Bonchev–Trinajstić information content (AvgIpc) is 3.29. The topological polar surface area (TPSA) is 197 Å². The second-order valence-electron chi connectivity index (χ2n) is 8.00. The van der Waals surface area contributed by atoms with Gasteiger partial charge in [0.15, 0.2) is 24.1 Å². The SMILES string of the molecule is OCC1OC(O[C@H]2C(O)C(CO)OC(OCc3ccc4c(c3)OCO4)[C@@H]2O)[C@H](O)[C@@H](O)C1O. The summed E-state index contributed by atoms with van der Waals surface area (Å²) in [7, 11) is 0. The summed E-state index contributed by atoms with van der Waals surface area (Å²) in [5.41, 5.74) is 0.674. The highest BCUT2D eigenvalue weighted by molar-refractivity contribution is 5.44. The Morgan fingerprint density at radius 2 is 1.42 bits per heavy atom. The first-order valence-corrected chi connectivity index (χ1v) is 10.4. The van der Waals surface area contributed by atoms with Crippen LogP contribution in [0.3, 0.4) is 0 Å². The molecule has 4 rings (SSSR count). The number of rotatable bonds is 7. The van der Waals surface area contributed by atoms with E-state index in [0.717, 1.165) is 0 Å². The molecule has 3 heterocycles. The fourth-order valence-electron chi connectivity index (χ4n) is 3.90. The van der Waals surface area contributed by atoms with Gasteiger partial charge in [0.25, 0.3) is 0 Å². The van der Waals surface area contributed by atoms with Gasteiger partial charge in [-0.15, -0.1) is 0 Å². The Balaban J connectivity index is 1.44. The third kappa shape index (κ3) is 4.94. The van der Waals surface area contributed by atoms with Crippen LogP contribution in [-0.2, 0) is 25.6 Å². The molecular weight excluding hydrogens is 448 g/mol. The summed E-state index contributed by atoms with van der Waals surface area (Å²) in [6, 6.07) is 5.12. The van der Waals surface area contributed by atoms with Gasteiger partial charge in [-0.1, -0.05) is 6.07 Å². The Hall–Kier alpha value is -1.62. The van der Waals surface area contributed by atoms with Crippen molar-refractivity contribution in [3.8, 4) is 11.5 Å². The molecule has 6 unspecified atom stereocenters. The van der Waals surface area contributed by atoms with Crippen LogP contribution in [0.25, 0.3) is 0 Å². The van der Waals surface area contributed by atoms with E-state index in [-0.39, 0.29) is 13.4 Å². The van der Waals surface area contributed by atoms with Crippen molar-refractivity contribution >= 4 is 0 Å². The number of fused-ring (bicyclic) bond motifs is 1. The van der Waals surface area contributed by atoms with Crippen LogP contribution in [0.5, 0.6) is 11.5 Å². The lowest BCUT2D eigenvalue weighted by molar-refractivity contribution is -0.361. The van der Waals surface area contributed by atoms with Crippen molar-refractivity contribution in [1.82, 2.24) is 0 Å². The minimum Gasteiger partial charge on any atom is -0.454 e. The van der Waals surface area contributed by atoms with Crippen LogP contribution >= 0.6 is 0 Å². The van der Waals surface area contributed by atoms with Crippen LogP contribution in [0.2, 0.25) is 0 Å². The minimum absolute atomic E-state index is 0.0284. The smallest absolute Gasteiger partial charge is 0.231 e. The number of aliphatic hydroxyl groups excluding tert-OH is 7. The minimum atomic E-state index is -1.74. The summed E-state index contributed by atoms with van der Waals surface area (Å²) in [5.74, 6) is 1.12. The first-order valence-electron chi connectivity index (χ1n) is 10.4. The molecule has 1 aromatic rings. The van der Waals surface area contributed by atoms with E-state index in [1.807, 2.05) is 0 Å². The fourth-order valence-corrected chi connectivity index (χ4v) is 3.90. The molecule has 0 spiro atoms. The van der Waals surface area contributed by atoms with Gasteiger partial charge in [-0.2, -0.15) is 0 Å². The fraction of sp³-hybridized carbons (Fsp3) is 0.700. The third-order valence-corrected chi connectivity index (χ3v) is 5.81. The molecule has 0 saturated carbocycles. The summed E-state index contributed by atoms with van der Waals surface area (Å²) in [5, 5.41) is 70.2. The number of hydrogen-bond donors (Lipinski definition) is 7. The molecule has 13 nitrogen and oxygen atoms in total. The Kier molecular flexibility index (Phi) is 7.67. The lowest BCUT2D eigenvalue weighted by Gasteiger charge is -2.45. The number of benzene rings is 1. The molecule has 0 radical (unpaired) electrons. The molecule has 0 amide bonds. The Morgan fingerprint density at radius 1 is 0.758 bits per heavy atom. The molecule has 10 atom stereocenters. The van der Waals surface area contributed by atoms with E-state index < -0.39 is 74.6 Å². The molecule has 2 saturated heterocycles.